The van der Waals surface area contributed by atoms with Crippen molar-refractivity contribution in [3.63, 3.8) is 0 Å². The summed E-state index contributed by atoms with van der Waals surface area (Å²) in [5.74, 6) is 0.0708. The molecule has 1 aliphatic heterocycles. The third-order valence-corrected chi connectivity index (χ3v) is 5.56. The Bertz CT molecular complexity index is 1270. The molecule has 1 amide bonds. The van der Waals surface area contributed by atoms with Gasteiger partial charge >= 0.3 is 12.2 Å². The Kier molecular flexibility index (Phi) is 6.20. The molecule has 1 aliphatic rings. The average Bonchev–Trinajstić information content (AvgIpc) is 3.44. The molecule has 3 aromatic rings. The fourth-order valence-corrected chi connectivity index (χ4v) is 3.92. The summed E-state index contributed by atoms with van der Waals surface area (Å²) in [4.78, 5) is 14.2. The smallest absolute Gasteiger partial charge is 0.416 e. The Labute approximate surface area is 191 Å². The molecule has 0 spiro atoms. The highest BCUT2D eigenvalue weighted by molar-refractivity contribution is 7.92. The quantitative estimate of drug-likeness (QED) is 0.566. The second-order valence-electron chi connectivity index (χ2n) is 7.56. The largest absolute Gasteiger partial charge is 0.489 e. The van der Waals surface area contributed by atoms with Crippen molar-refractivity contribution >= 4 is 21.9 Å². The summed E-state index contributed by atoms with van der Waals surface area (Å²) in [6, 6.07) is 3.93. The highest BCUT2D eigenvalue weighted by atomic mass is 32.2. The number of halogens is 3. The van der Waals surface area contributed by atoms with Crippen molar-refractivity contribution in [2.24, 2.45) is 0 Å². The fourth-order valence-electron chi connectivity index (χ4n) is 3.43. The Hall–Kier alpha value is -3.62. The second-order valence-corrected chi connectivity index (χ2v) is 9.31. The summed E-state index contributed by atoms with van der Waals surface area (Å²) in [5, 5.41) is 11.1. The number of piperidine rings is 1. The molecule has 2 aromatic heterocycles. The van der Waals surface area contributed by atoms with Crippen LogP contribution >= 0.6 is 0 Å². The first-order valence-electron chi connectivity index (χ1n) is 9.97. The fraction of sp³-hybridized carbons (Fsp3) is 0.368. The summed E-state index contributed by atoms with van der Waals surface area (Å²) in [7, 11) is -3.53. The predicted octanol–water partition coefficient (Wildman–Crippen LogP) is 2.83. The van der Waals surface area contributed by atoms with E-state index in [0.717, 1.165) is 29.5 Å². The van der Waals surface area contributed by atoms with Gasteiger partial charge in [0.25, 0.3) is 5.89 Å². The Morgan fingerprint density at radius 3 is 2.59 bits per heavy atom. The number of hydrogen-bond acceptors (Lipinski definition) is 8. The third-order valence-electron chi connectivity index (χ3n) is 4.98. The van der Waals surface area contributed by atoms with Crippen LogP contribution in [0.1, 0.15) is 18.4 Å². The van der Waals surface area contributed by atoms with E-state index in [1.54, 1.807) is 0 Å². The monoisotopic (exact) mass is 500 g/mol. The number of rotatable bonds is 5. The summed E-state index contributed by atoms with van der Waals surface area (Å²) in [6.45, 7) is 0.601. The average molecular weight is 500 g/mol. The molecule has 15 heteroatoms. The number of amides is 1. The van der Waals surface area contributed by atoms with Gasteiger partial charge in [0.1, 0.15) is 11.9 Å². The van der Waals surface area contributed by atoms with Gasteiger partial charge in [-0.25, -0.2) is 13.2 Å². The number of ether oxygens (including phenoxy) is 1. The van der Waals surface area contributed by atoms with Gasteiger partial charge in [0.2, 0.25) is 16.4 Å². The molecule has 0 atom stereocenters. The standard InChI is InChI=1S/C19H19F3N6O5S/c1-34(30,31)26-16-6-9-28(25-16)18(29)27-7-4-13(5-8-27)33-15-3-2-12(19(20,21)22)10-14(15)17-24-23-11-32-17/h2-3,6,9-11,13H,4-5,7-8H2,1H3,(H,25,26). The van der Waals surface area contributed by atoms with Crippen LogP contribution in [0, 0.1) is 0 Å². The number of carbonyl (C=O) groups excluding carboxylic acids is 1. The molecule has 0 bridgehead atoms. The van der Waals surface area contributed by atoms with Gasteiger partial charge in [0.15, 0.2) is 5.82 Å². The van der Waals surface area contributed by atoms with E-state index in [2.05, 4.69) is 20.0 Å². The summed E-state index contributed by atoms with van der Waals surface area (Å²) in [5.41, 5.74) is -0.856. The van der Waals surface area contributed by atoms with E-state index in [1.165, 1.54) is 23.2 Å². The highest BCUT2D eigenvalue weighted by Gasteiger charge is 2.33. The molecule has 34 heavy (non-hydrogen) atoms. The van der Waals surface area contributed by atoms with Crippen molar-refractivity contribution in [2.75, 3.05) is 24.1 Å². The van der Waals surface area contributed by atoms with E-state index in [1.807, 2.05) is 0 Å². The minimum absolute atomic E-state index is 0.0185. The number of sulfonamides is 1. The normalized spacial score (nSPS) is 15.4. The zero-order chi connectivity index (χ0) is 24.5. The number of anilines is 1. The highest BCUT2D eigenvalue weighted by Crippen LogP contribution is 2.37. The summed E-state index contributed by atoms with van der Waals surface area (Å²) >= 11 is 0. The topological polar surface area (TPSA) is 132 Å². The van der Waals surface area contributed by atoms with Gasteiger partial charge in [-0.3, -0.25) is 4.72 Å². The number of alkyl halides is 3. The van der Waals surface area contributed by atoms with Crippen molar-refractivity contribution in [3.8, 4) is 17.2 Å². The lowest BCUT2D eigenvalue weighted by Gasteiger charge is -2.32. The maximum absolute atomic E-state index is 13.2. The Morgan fingerprint density at radius 2 is 1.97 bits per heavy atom. The molecule has 1 fully saturated rings. The van der Waals surface area contributed by atoms with Gasteiger partial charge in [0.05, 0.1) is 17.4 Å². The second kappa shape index (κ2) is 8.96. The number of nitrogens with one attached hydrogen (secondary N) is 1. The molecule has 182 valence electrons. The lowest BCUT2D eigenvalue weighted by molar-refractivity contribution is -0.137. The van der Waals surface area contributed by atoms with Crippen molar-refractivity contribution < 1.29 is 35.5 Å². The van der Waals surface area contributed by atoms with Crippen LogP contribution in [0.3, 0.4) is 0 Å². The van der Waals surface area contributed by atoms with Crippen LogP contribution in [0.15, 0.2) is 41.3 Å². The lowest BCUT2D eigenvalue weighted by Crippen LogP contribution is -2.43. The number of carbonyl (C=O) groups is 1. The minimum Gasteiger partial charge on any atom is -0.489 e. The molecule has 11 nitrogen and oxygen atoms in total. The minimum atomic E-state index is -4.55. The van der Waals surface area contributed by atoms with Crippen molar-refractivity contribution in [3.05, 3.63) is 42.4 Å². The lowest BCUT2D eigenvalue weighted by atomic mass is 10.1. The van der Waals surface area contributed by atoms with Crippen LogP contribution in [-0.2, 0) is 16.2 Å². The molecule has 0 saturated carbocycles. The molecule has 1 N–H and O–H groups in total. The van der Waals surface area contributed by atoms with Crippen LogP contribution in [0.2, 0.25) is 0 Å². The Morgan fingerprint density at radius 1 is 1.24 bits per heavy atom. The van der Waals surface area contributed by atoms with E-state index in [4.69, 9.17) is 9.15 Å². The van der Waals surface area contributed by atoms with Crippen LogP contribution < -0.4 is 9.46 Å². The van der Waals surface area contributed by atoms with E-state index in [9.17, 15) is 26.4 Å². The first-order valence-corrected chi connectivity index (χ1v) is 11.9. The van der Waals surface area contributed by atoms with Gasteiger partial charge in [-0.05, 0) is 18.2 Å². The third kappa shape index (κ3) is 5.47. The zero-order valence-corrected chi connectivity index (χ0v) is 18.5. The number of nitrogens with zero attached hydrogens (tertiary/aromatic N) is 5. The van der Waals surface area contributed by atoms with Crippen molar-refractivity contribution in [2.45, 2.75) is 25.1 Å². The summed E-state index contributed by atoms with van der Waals surface area (Å²) < 4.78 is 76.3. The van der Waals surface area contributed by atoms with E-state index >= 15 is 0 Å². The number of likely N-dealkylation sites (tertiary alicyclic amines) is 1. The van der Waals surface area contributed by atoms with Crippen LogP contribution in [-0.4, -0.2) is 64.8 Å². The van der Waals surface area contributed by atoms with Gasteiger partial charge < -0.3 is 14.1 Å². The zero-order valence-electron chi connectivity index (χ0n) is 17.7. The molecule has 3 heterocycles. The molecule has 0 radical (unpaired) electrons. The maximum atomic E-state index is 13.2. The molecule has 1 aromatic carbocycles. The Balaban J connectivity index is 1.42. The number of hydrogen-bond donors (Lipinski definition) is 1. The maximum Gasteiger partial charge on any atom is 0.416 e. The number of aromatic nitrogens is 4. The van der Waals surface area contributed by atoms with Crippen molar-refractivity contribution in [1.29, 1.82) is 0 Å². The first-order chi connectivity index (χ1) is 16.0. The van der Waals surface area contributed by atoms with Crippen molar-refractivity contribution in [1.82, 2.24) is 24.9 Å². The van der Waals surface area contributed by atoms with E-state index in [-0.39, 0.29) is 29.1 Å². The molecule has 4 rings (SSSR count). The predicted molar refractivity (Wildman–Crippen MR) is 111 cm³/mol. The van der Waals surface area contributed by atoms with Crippen LogP contribution in [0.25, 0.3) is 11.5 Å². The van der Waals surface area contributed by atoms with Gasteiger partial charge in [0, 0.05) is 38.2 Å². The van der Waals surface area contributed by atoms with Gasteiger partial charge in [-0.15, -0.1) is 15.3 Å². The molecular formula is C19H19F3N6O5S. The molecule has 0 aliphatic carbocycles. The van der Waals surface area contributed by atoms with Crippen LogP contribution in [0.4, 0.5) is 23.8 Å². The van der Waals surface area contributed by atoms with Crippen LogP contribution in [0.5, 0.6) is 5.75 Å². The van der Waals surface area contributed by atoms with E-state index in [0.29, 0.717) is 25.9 Å². The van der Waals surface area contributed by atoms with E-state index < -0.39 is 27.8 Å². The van der Waals surface area contributed by atoms with Gasteiger partial charge in [-0.1, -0.05) is 0 Å². The number of benzene rings is 1. The summed E-state index contributed by atoms with van der Waals surface area (Å²) in [6.07, 6.45) is -0.784. The molecular weight excluding hydrogens is 481 g/mol. The molecule has 1 saturated heterocycles. The van der Waals surface area contributed by atoms with Gasteiger partial charge in [-0.2, -0.15) is 17.9 Å². The SMILES string of the molecule is CS(=O)(=O)Nc1ccn(C(=O)N2CCC(Oc3ccc(C(F)(F)F)cc3-c3nnco3)CC2)n1. The first kappa shape index (κ1) is 23.5. The molecule has 0 unspecified atom stereocenters.